The van der Waals surface area contributed by atoms with Crippen molar-refractivity contribution >= 4 is 24.2 Å². The first kappa shape index (κ1) is 23.3. The molecule has 1 aromatic carbocycles. The number of nitrogens with two attached hydrogens (primary N) is 1. The highest BCUT2D eigenvalue weighted by molar-refractivity contribution is 5.87. The fraction of sp³-hybridized carbons (Fsp3) is 0.579. The van der Waals surface area contributed by atoms with E-state index in [2.05, 4.69) is 5.32 Å². The summed E-state index contributed by atoms with van der Waals surface area (Å²) in [5.41, 5.74) is 5.91. The van der Waals surface area contributed by atoms with Crippen LogP contribution in [0.15, 0.2) is 18.2 Å². The minimum absolute atomic E-state index is 0. The summed E-state index contributed by atoms with van der Waals surface area (Å²) < 4.78 is 27.5. The van der Waals surface area contributed by atoms with Crippen molar-refractivity contribution in [2.45, 2.75) is 58.2 Å². The summed E-state index contributed by atoms with van der Waals surface area (Å²) in [7, 11) is 0. The number of carbonyl (C=O) groups excluding carboxylic acids is 2. The summed E-state index contributed by atoms with van der Waals surface area (Å²) in [5.74, 6) is -1.84. The van der Waals surface area contributed by atoms with E-state index in [1.54, 1.807) is 4.90 Å². The van der Waals surface area contributed by atoms with Gasteiger partial charge in [0, 0.05) is 18.2 Å². The summed E-state index contributed by atoms with van der Waals surface area (Å²) in [5, 5.41) is 2.56. The monoisotopic (exact) mass is 403 g/mol. The van der Waals surface area contributed by atoms with Crippen LogP contribution in [0.3, 0.4) is 0 Å². The van der Waals surface area contributed by atoms with E-state index in [1.807, 2.05) is 13.8 Å². The molecule has 1 aromatic rings. The third-order valence-corrected chi connectivity index (χ3v) is 4.87. The fourth-order valence-corrected chi connectivity index (χ4v) is 3.17. The second kappa shape index (κ2) is 10.6. The van der Waals surface area contributed by atoms with Gasteiger partial charge in [-0.05, 0) is 37.0 Å². The van der Waals surface area contributed by atoms with E-state index in [-0.39, 0.29) is 48.9 Å². The lowest BCUT2D eigenvalue weighted by molar-refractivity contribution is -0.135. The lowest BCUT2D eigenvalue weighted by atomic mass is 10.1. The Bertz CT molecular complexity index is 652. The van der Waals surface area contributed by atoms with Gasteiger partial charge in [-0.15, -0.1) is 12.4 Å². The van der Waals surface area contributed by atoms with E-state index in [0.29, 0.717) is 0 Å². The van der Waals surface area contributed by atoms with Crippen molar-refractivity contribution in [3.63, 3.8) is 0 Å². The van der Waals surface area contributed by atoms with Gasteiger partial charge in [0.15, 0.2) is 0 Å². The van der Waals surface area contributed by atoms with Gasteiger partial charge in [0.05, 0.1) is 12.6 Å². The predicted molar refractivity (Wildman–Crippen MR) is 102 cm³/mol. The molecule has 1 aliphatic rings. The molecule has 0 bridgehead atoms. The first-order chi connectivity index (χ1) is 12.3. The Labute approximate surface area is 165 Å². The predicted octanol–water partition coefficient (Wildman–Crippen LogP) is 2.76. The van der Waals surface area contributed by atoms with Crippen LogP contribution in [-0.2, 0) is 16.1 Å². The smallest absolute Gasteiger partial charge is 0.242 e. The lowest BCUT2D eigenvalue weighted by Crippen LogP contribution is -2.49. The van der Waals surface area contributed by atoms with Crippen LogP contribution in [0.2, 0.25) is 0 Å². The zero-order valence-electron chi connectivity index (χ0n) is 15.7. The number of hydrogen-bond donors (Lipinski definition) is 2. The number of nitrogens with one attached hydrogen (secondary N) is 1. The largest absolute Gasteiger partial charge is 0.346 e. The SMILES string of the molecule is CC(C)[C@H](N)C(=O)NCC(=O)N(Cc1cc(F)ccc1F)C1CCCC1.Cl. The van der Waals surface area contributed by atoms with Crippen molar-refractivity contribution in [3.8, 4) is 0 Å². The second-order valence-corrected chi connectivity index (χ2v) is 7.18. The van der Waals surface area contributed by atoms with Crippen LogP contribution in [0.5, 0.6) is 0 Å². The molecule has 27 heavy (non-hydrogen) atoms. The minimum Gasteiger partial charge on any atom is -0.346 e. The van der Waals surface area contributed by atoms with Crippen molar-refractivity contribution in [1.29, 1.82) is 0 Å². The molecule has 0 aliphatic heterocycles. The number of carbonyl (C=O) groups is 2. The van der Waals surface area contributed by atoms with Gasteiger partial charge in [0.1, 0.15) is 11.6 Å². The summed E-state index contributed by atoms with van der Waals surface area (Å²) >= 11 is 0. The molecule has 1 aliphatic carbocycles. The number of nitrogens with zero attached hydrogens (tertiary/aromatic N) is 1. The van der Waals surface area contributed by atoms with Gasteiger partial charge in [0.25, 0.3) is 0 Å². The summed E-state index contributed by atoms with van der Waals surface area (Å²) in [4.78, 5) is 26.2. The topological polar surface area (TPSA) is 75.4 Å². The molecule has 2 amide bonds. The average molecular weight is 404 g/mol. The molecule has 1 atom stereocenters. The molecular weight excluding hydrogens is 376 g/mol. The Morgan fingerprint density at radius 3 is 2.48 bits per heavy atom. The van der Waals surface area contributed by atoms with E-state index >= 15 is 0 Å². The van der Waals surface area contributed by atoms with Crippen LogP contribution >= 0.6 is 12.4 Å². The quantitative estimate of drug-likeness (QED) is 0.735. The van der Waals surface area contributed by atoms with Crippen molar-refractivity contribution in [3.05, 3.63) is 35.4 Å². The molecule has 5 nitrogen and oxygen atoms in total. The van der Waals surface area contributed by atoms with Crippen molar-refractivity contribution in [2.24, 2.45) is 11.7 Å². The van der Waals surface area contributed by atoms with Crippen molar-refractivity contribution < 1.29 is 18.4 Å². The Kier molecular flexibility index (Phi) is 9.12. The van der Waals surface area contributed by atoms with Gasteiger partial charge in [-0.25, -0.2) is 8.78 Å². The highest BCUT2D eigenvalue weighted by Gasteiger charge is 2.28. The molecule has 1 fully saturated rings. The zero-order valence-corrected chi connectivity index (χ0v) is 16.5. The third-order valence-electron chi connectivity index (χ3n) is 4.87. The molecule has 1 saturated carbocycles. The van der Waals surface area contributed by atoms with Crippen molar-refractivity contribution in [2.75, 3.05) is 6.54 Å². The number of halogens is 3. The van der Waals surface area contributed by atoms with E-state index in [9.17, 15) is 18.4 Å². The van der Waals surface area contributed by atoms with Crippen LogP contribution in [0, 0.1) is 17.6 Å². The minimum atomic E-state index is -0.691. The average Bonchev–Trinajstić information content (AvgIpc) is 3.13. The van der Waals surface area contributed by atoms with Crippen LogP contribution in [0.25, 0.3) is 0 Å². The molecule has 8 heteroatoms. The maximum absolute atomic E-state index is 14.0. The maximum atomic E-state index is 14.0. The summed E-state index contributed by atoms with van der Waals surface area (Å²) in [6.45, 7) is 3.43. The number of benzene rings is 1. The van der Waals surface area contributed by atoms with Crippen LogP contribution in [-0.4, -0.2) is 35.3 Å². The molecular formula is C19H28ClF2N3O2. The summed E-state index contributed by atoms with van der Waals surface area (Å²) in [6.07, 6.45) is 3.62. The van der Waals surface area contributed by atoms with Crippen LogP contribution in [0.1, 0.15) is 45.1 Å². The maximum Gasteiger partial charge on any atom is 0.242 e. The third kappa shape index (κ3) is 6.43. The van der Waals surface area contributed by atoms with Gasteiger partial charge >= 0.3 is 0 Å². The van der Waals surface area contributed by atoms with Crippen molar-refractivity contribution in [1.82, 2.24) is 10.2 Å². The van der Waals surface area contributed by atoms with Crippen LogP contribution < -0.4 is 11.1 Å². The molecule has 0 saturated heterocycles. The first-order valence-corrected chi connectivity index (χ1v) is 9.06. The van der Waals surface area contributed by atoms with Gasteiger partial charge < -0.3 is 16.0 Å². The van der Waals surface area contributed by atoms with Gasteiger partial charge in [0.2, 0.25) is 11.8 Å². The van der Waals surface area contributed by atoms with E-state index in [4.69, 9.17) is 5.73 Å². The highest BCUT2D eigenvalue weighted by atomic mass is 35.5. The molecule has 0 aromatic heterocycles. The van der Waals surface area contributed by atoms with Gasteiger partial charge in [-0.3, -0.25) is 9.59 Å². The molecule has 3 N–H and O–H groups in total. The Morgan fingerprint density at radius 2 is 1.89 bits per heavy atom. The van der Waals surface area contributed by atoms with Gasteiger partial charge in [-0.1, -0.05) is 26.7 Å². The fourth-order valence-electron chi connectivity index (χ4n) is 3.17. The second-order valence-electron chi connectivity index (χ2n) is 7.18. The van der Waals surface area contributed by atoms with E-state index in [0.717, 1.165) is 43.9 Å². The van der Waals surface area contributed by atoms with Gasteiger partial charge in [-0.2, -0.15) is 0 Å². The number of hydrogen-bond acceptors (Lipinski definition) is 3. The standard InChI is InChI=1S/C19H27F2N3O2.ClH/c1-12(2)18(22)19(26)23-10-17(25)24(15-5-3-4-6-15)11-13-9-14(20)7-8-16(13)21;/h7-9,12,15,18H,3-6,10-11,22H2,1-2H3,(H,23,26);1H/t18-;/m0./s1. The highest BCUT2D eigenvalue weighted by Crippen LogP contribution is 2.26. The first-order valence-electron chi connectivity index (χ1n) is 9.06. The molecule has 0 heterocycles. The van der Waals surface area contributed by atoms with E-state index in [1.165, 1.54) is 0 Å². The number of amides is 2. The Balaban J connectivity index is 0.00000364. The summed E-state index contributed by atoms with van der Waals surface area (Å²) in [6, 6.07) is 2.50. The molecule has 2 rings (SSSR count). The normalized spacial score (nSPS) is 15.3. The molecule has 0 spiro atoms. The molecule has 0 unspecified atom stereocenters. The van der Waals surface area contributed by atoms with E-state index < -0.39 is 23.6 Å². The number of rotatable bonds is 7. The Morgan fingerprint density at radius 1 is 1.26 bits per heavy atom. The molecule has 152 valence electrons. The molecule has 0 radical (unpaired) electrons. The Hall–Kier alpha value is -1.73. The lowest BCUT2D eigenvalue weighted by Gasteiger charge is -2.30. The zero-order chi connectivity index (χ0) is 19.3. The van der Waals surface area contributed by atoms with Crippen LogP contribution in [0.4, 0.5) is 8.78 Å².